The van der Waals surface area contributed by atoms with Crippen LogP contribution >= 0.6 is 0 Å². The monoisotopic (exact) mass is 163 g/mol. The summed E-state index contributed by atoms with van der Waals surface area (Å²) in [6, 6.07) is 6.31. The van der Waals surface area contributed by atoms with Gasteiger partial charge in [-0.05, 0) is 30.0 Å². The quantitative estimate of drug-likeness (QED) is 0.683. The molecule has 0 amide bonds. The molecule has 0 radical (unpaired) electrons. The fourth-order valence-corrected chi connectivity index (χ4v) is 1.84. The Morgan fingerprint density at radius 2 is 2.33 bits per heavy atom. The Morgan fingerprint density at radius 1 is 1.50 bits per heavy atom. The summed E-state index contributed by atoms with van der Waals surface area (Å²) in [6.45, 7) is 0. The highest BCUT2D eigenvalue weighted by atomic mass is 16.5. The van der Waals surface area contributed by atoms with Crippen LogP contribution in [0.1, 0.15) is 23.6 Å². The molecule has 12 heavy (non-hydrogen) atoms. The maximum atomic E-state index is 5.91. The summed E-state index contributed by atoms with van der Waals surface area (Å²) in [5, 5.41) is 0. The standard InChI is InChI=1S/C10H13NO/c1-12-10-4-2-3-7-8(10)5-6-9(7)11/h2-4,9H,5-6,11H2,1H3/t9-/m1/s1. The molecule has 2 heteroatoms. The maximum Gasteiger partial charge on any atom is 0.122 e. The van der Waals surface area contributed by atoms with Gasteiger partial charge in [0.2, 0.25) is 0 Å². The molecule has 0 spiro atoms. The lowest BCUT2D eigenvalue weighted by molar-refractivity contribution is 0.410. The first-order chi connectivity index (χ1) is 5.83. The molecule has 1 aliphatic carbocycles. The molecule has 1 aromatic carbocycles. The number of fused-ring (bicyclic) bond motifs is 1. The Hall–Kier alpha value is -1.02. The fourth-order valence-electron chi connectivity index (χ4n) is 1.84. The van der Waals surface area contributed by atoms with E-state index in [1.165, 1.54) is 11.1 Å². The molecule has 0 fully saturated rings. The predicted octanol–water partition coefficient (Wildman–Crippen LogP) is 1.64. The van der Waals surface area contributed by atoms with E-state index in [9.17, 15) is 0 Å². The number of nitrogens with two attached hydrogens (primary N) is 1. The Kier molecular flexibility index (Phi) is 1.77. The summed E-state index contributed by atoms with van der Waals surface area (Å²) in [5.41, 5.74) is 8.47. The van der Waals surface area contributed by atoms with E-state index in [-0.39, 0.29) is 6.04 Å². The molecule has 2 rings (SSSR count). The van der Waals surface area contributed by atoms with Crippen LogP contribution in [0.5, 0.6) is 5.75 Å². The summed E-state index contributed by atoms with van der Waals surface area (Å²) in [7, 11) is 1.71. The number of methoxy groups -OCH3 is 1. The van der Waals surface area contributed by atoms with Gasteiger partial charge in [0.25, 0.3) is 0 Å². The van der Waals surface area contributed by atoms with E-state index >= 15 is 0 Å². The zero-order valence-electron chi connectivity index (χ0n) is 7.21. The average Bonchev–Trinajstić information content (AvgIpc) is 2.48. The van der Waals surface area contributed by atoms with E-state index in [0.717, 1.165) is 18.6 Å². The van der Waals surface area contributed by atoms with Crippen LogP contribution in [0.3, 0.4) is 0 Å². The van der Waals surface area contributed by atoms with Crippen LogP contribution in [-0.2, 0) is 6.42 Å². The van der Waals surface area contributed by atoms with Gasteiger partial charge in [0, 0.05) is 6.04 Å². The van der Waals surface area contributed by atoms with Crippen molar-refractivity contribution < 1.29 is 4.74 Å². The predicted molar refractivity (Wildman–Crippen MR) is 48.2 cm³/mol. The zero-order chi connectivity index (χ0) is 8.55. The second-order valence-electron chi connectivity index (χ2n) is 3.17. The van der Waals surface area contributed by atoms with Crippen molar-refractivity contribution in [1.82, 2.24) is 0 Å². The minimum Gasteiger partial charge on any atom is -0.496 e. The van der Waals surface area contributed by atoms with Crippen molar-refractivity contribution in [2.75, 3.05) is 7.11 Å². The first-order valence-electron chi connectivity index (χ1n) is 4.24. The van der Waals surface area contributed by atoms with E-state index in [1.807, 2.05) is 12.1 Å². The molecule has 1 atom stereocenters. The van der Waals surface area contributed by atoms with Gasteiger partial charge in [-0.3, -0.25) is 0 Å². The molecule has 2 nitrogen and oxygen atoms in total. The summed E-state index contributed by atoms with van der Waals surface area (Å²) in [4.78, 5) is 0. The van der Waals surface area contributed by atoms with Gasteiger partial charge in [0.15, 0.2) is 0 Å². The van der Waals surface area contributed by atoms with Gasteiger partial charge in [-0.25, -0.2) is 0 Å². The summed E-state index contributed by atoms with van der Waals surface area (Å²) in [6.07, 6.45) is 2.11. The Labute approximate surface area is 72.3 Å². The van der Waals surface area contributed by atoms with E-state index in [4.69, 9.17) is 10.5 Å². The number of hydrogen-bond donors (Lipinski definition) is 1. The molecule has 0 unspecified atom stereocenters. The molecule has 0 aromatic heterocycles. The van der Waals surface area contributed by atoms with Gasteiger partial charge in [-0.15, -0.1) is 0 Å². The second-order valence-corrected chi connectivity index (χ2v) is 3.17. The van der Waals surface area contributed by atoms with Gasteiger partial charge in [-0.1, -0.05) is 12.1 Å². The van der Waals surface area contributed by atoms with Crippen LogP contribution in [0.15, 0.2) is 18.2 Å². The third-order valence-corrected chi connectivity index (χ3v) is 2.49. The highest BCUT2D eigenvalue weighted by molar-refractivity contribution is 5.44. The van der Waals surface area contributed by atoms with E-state index in [2.05, 4.69) is 6.07 Å². The Morgan fingerprint density at radius 3 is 3.08 bits per heavy atom. The van der Waals surface area contributed by atoms with Crippen LogP contribution in [-0.4, -0.2) is 7.11 Å². The molecule has 0 aliphatic heterocycles. The molecular weight excluding hydrogens is 150 g/mol. The highest BCUT2D eigenvalue weighted by Gasteiger charge is 2.21. The minimum absolute atomic E-state index is 0.218. The summed E-state index contributed by atoms with van der Waals surface area (Å²) in [5.74, 6) is 0.987. The van der Waals surface area contributed by atoms with Gasteiger partial charge < -0.3 is 10.5 Å². The van der Waals surface area contributed by atoms with Crippen LogP contribution in [0, 0.1) is 0 Å². The molecule has 2 N–H and O–H groups in total. The molecule has 0 saturated heterocycles. The highest BCUT2D eigenvalue weighted by Crippen LogP contribution is 2.34. The van der Waals surface area contributed by atoms with Gasteiger partial charge in [0.05, 0.1) is 7.11 Å². The van der Waals surface area contributed by atoms with E-state index in [0.29, 0.717) is 0 Å². The van der Waals surface area contributed by atoms with Crippen LogP contribution in [0.4, 0.5) is 0 Å². The zero-order valence-corrected chi connectivity index (χ0v) is 7.21. The first-order valence-corrected chi connectivity index (χ1v) is 4.24. The first kappa shape index (κ1) is 7.62. The third kappa shape index (κ3) is 0.994. The molecule has 1 aliphatic rings. The maximum absolute atomic E-state index is 5.91. The number of hydrogen-bond acceptors (Lipinski definition) is 2. The number of ether oxygens (including phenoxy) is 1. The Balaban J connectivity index is 2.50. The normalized spacial score (nSPS) is 20.7. The van der Waals surface area contributed by atoms with Crippen molar-refractivity contribution in [3.8, 4) is 5.75 Å². The Bertz CT molecular complexity index is 296. The van der Waals surface area contributed by atoms with Crippen LogP contribution in [0.25, 0.3) is 0 Å². The third-order valence-electron chi connectivity index (χ3n) is 2.49. The fraction of sp³-hybridized carbons (Fsp3) is 0.400. The van der Waals surface area contributed by atoms with Crippen molar-refractivity contribution >= 4 is 0 Å². The molecule has 0 heterocycles. The lowest BCUT2D eigenvalue weighted by Gasteiger charge is -2.07. The minimum atomic E-state index is 0.218. The average molecular weight is 163 g/mol. The van der Waals surface area contributed by atoms with E-state index in [1.54, 1.807) is 7.11 Å². The van der Waals surface area contributed by atoms with Crippen molar-refractivity contribution in [3.63, 3.8) is 0 Å². The summed E-state index contributed by atoms with van der Waals surface area (Å²) < 4.78 is 5.25. The molecule has 0 saturated carbocycles. The molecular formula is C10H13NO. The summed E-state index contributed by atoms with van der Waals surface area (Å²) >= 11 is 0. The largest absolute Gasteiger partial charge is 0.496 e. The lowest BCUT2D eigenvalue weighted by atomic mass is 10.1. The van der Waals surface area contributed by atoms with Gasteiger partial charge >= 0.3 is 0 Å². The SMILES string of the molecule is COc1cccc2c1CC[C@H]2N. The number of benzene rings is 1. The van der Waals surface area contributed by atoms with Gasteiger partial charge in [-0.2, -0.15) is 0 Å². The van der Waals surface area contributed by atoms with Crippen molar-refractivity contribution in [2.45, 2.75) is 18.9 Å². The van der Waals surface area contributed by atoms with Crippen LogP contribution in [0.2, 0.25) is 0 Å². The van der Waals surface area contributed by atoms with Crippen LogP contribution < -0.4 is 10.5 Å². The van der Waals surface area contributed by atoms with Crippen molar-refractivity contribution in [2.24, 2.45) is 5.73 Å². The smallest absolute Gasteiger partial charge is 0.122 e. The molecule has 64 valence electrons. The van der Waals surface area contributed by atoms with E-state index < -0.39 is 0 Å². The van der Waals surface area contributed by atoms with Crippen molar-refractivity contribution in [3.05, 3.63) is 29.3 Å². The number of rotatable bonds is 1. The lowest BCUT2D eigenvalue weighted by Crippen LogP contribution is -2.04. The van der Waals surface area contributed by atoms with Crippen molar-refractivity contribution in [1.29, 1.82) is 0 Å². The topological polar surface area (TPSA) is 35.2 Å². The second kappa shape index (κ2) is 2.79. The van der Waals surface area contributed by atoms with Gasteiger partial charge in [0.1, 0.15) is 5.75 Å². The molecule has 1 aromatic rings. The molecule has 0 bridgehead atoms.